The predicted octanol–water partition coefficient (Wildman–Crippen LogP) is 3.80. The Hall–Kier alpha value is -3.34. The van der Waals surface area contributed by atoms with E-state index in [-0.39, 0.29) is 5.56 Å². The maximum Gasteiger partial charge on any atom is 0.266 e. The topological polar surface area (TPSA) is 105 Å². The third-order valence-electron chi connectivity index (χ3n) is 5.49. The number of nitrogens with two attached hydrogens (primary N) is 1. The number of nitrogens with zero attached hydrogens (tertiary/aromatic N) is 6. The standard InChI is InChI=1S/C23H20IN7O/c1-13-26-19(25)17-18(24)29-31(20(17)27-13)23(2,3)22-28-16-12-8-7-11-15(16)21(32)30(22)14-9-5-4-6-10-14/h4-12H,1-3H3,(H2,25,26,27). The molecule has 3 heterocycles. The van der Waals surface area contributed by atoms with Crippen LogP contribution < -0.4 is 11.3 Å². The molecule has 0 amide bonds. The van der Waals surface area contributed by atoms with Gasteiger partial charge in [0.2, 0.25) is 0 Å². The van der Waals surface area contributed by atoms with Crippen LogP contribution in [0.25, 0.3) is 27.6 Å². The minimum atomic E-state index is -0.839. The van der Waals surface area contributed by atoms with Crippen LogP contribution >= 0.6 is 22.6 Å². The van der Waals surface area contributed by atoms with Gasteiger partial charge in [-0.1, -0.05) is 30.3 Å². The van der Waals surface area contributed by atoms with Crippen LogP contribution in [0.1, 0.15) is 25.5 Å². The molecule has 0 aliphatic heterocycles. The molecule has 2 aromatic carbocycles. The third kappa shape index (κ3) is 3.07. The summed E-state index contributed by atoms with van der Waals surface area (Å²) in [6.07, 6.45) is 0. The van der Waals surface area contributed by atoms with Crippen molar-refractivity contribution in [1.29, 1.82) is 0 Å². The Morgan fingerprint density at radius 1 is 0.969 bits per heavy atom. The summed E-state index contributed by atoms with van der Waals surface area (Å²) in [6.45, 7) is 5.74. The van der Waals surface area contributed by atoms with Crippen LogP contribution in [0, 0.1) is 10.6 Å². The van der Waals surface area contributed by atoms with E-state index in [1.165, 1.54) is 0 Å². The van der Waals surface area contributed by atoms with Crippen molar-refractivity contribution in [1.82, 2.24) is 29.3 Å². The molecule has 2 N–H and O–H groups in total. The molecule has 0 saturated heterocycles. The van der Waals surface area contributed by atoms with E-state index < -0.39 is 5.54 Å². The highest BCUT2D eigenvalue weighted by atomic mass is 127. The number of halogens is 1. The number of nitrogen functional groups attached to an aromatic ring is 1. The van der Waals surface area contributed by atoms with E-state index >= 15 is 0 Å². The maximum atomic E-state index is 13.7. The number of hydrogen-bond acceptors (Lipinski definition) is 6. The van der Waals surface area contributed by atoms with Gasteiger partial charge in [-0.15, -0.1) is 0 Å². The first-order valence-corrected chi connectivity index (χ1v) is 11.1. The Bertz CT molecular complexity index is 1550. The van der Waals surface area contributed by atoms with Crippen LogP contribution in [0.4, 0.5) is 5.82 Å². The zero-order valence-corrected chi connectivity index (χ0v) is 19.9. The number of rotatable bonds is 3. The molecule has 0 radical (unpaired) electrons. The minimum absolute atomic E-state index is 0.138. The van der Waals surface area contributed by atoms with Gasteiger partial charge in [0.05, 0.1) is 22.0 Å². The van der Waals surface area contributed by atoms with E-state index in [0.29, 0.717) is 43.1 Å². The lowest BCUT2D eigenvalue weighted by Gasteiger charge is -2.28. The Kier molecular flexibility index (Phi) is 4.73. The van der Waals surface area contributed by atoms with E-state index in [4.69, 9.17) is 15.8 Å². The Morgan fingerprint density at radius 3 is 2.41 bits per heavy atom. The van der Waals surface area contributed by atoms with Gasteiger partial charge in [0.1, 0.15) is 26.7 Å². The van der Waals surface area contributed by atoms with Crippen molar-refractivity contribution in [3.8, 4) is 5.69 Å². The number of anilines is 1. The van der Waals surface area contributed by atoms with Crippen molar-refractivity contribution in [2.45, 2.75) is 26.3 Å². The van der Waals surface area contributed by atoms with Crippen molar-refractivity contribution in [3.63, 3.8) is 0 Å². The molecule has 0 fully saturated rings. The van der Waals surface area contributed by atoms with Crippen LogP contribution in [0.5, 0.6) is 0 Å². The van der Waals surface area contributed by atoms with Crippen LogP contribution in [0.2, 0.25) is 0 Å². The van der Waals surface area contributed by atoms with Gasteiger partial charge in [-0.3, -0.25) is 9.36 Å². The molecule has 32 heavy (non-hydrogen) atoms. The average molecular weight is 537 g/mol. The second kappa shape index (κ2) is 7.37. The van der Waals surface area contributed by atoms with Crippen molar-refractivity contribution in [3.05, 3.63) is 80.3 Å². The van der Waals surface area contributed by atoms with E-state index in [0.717, 1.165) is 5.69 Å². The first-order valence-electron chi connectivity index (χ1n) is 10.1. The number of benzene rings is 2. The lowest BCUT2D eigenvalue weighted by Crippen LogP contribution is -2.38. The van der Waals surface area contributed by atoms with Crippen LogP contribution in [0.15, 0.2) is 59.4 Å². The molecule has 0 bridgehead atoms. The van der Waals surface area contributed by atoms with Gasteiger partial charge in [-0.05, 0) is 67.6 Å². The van der Waals surface area contributed by atoms with Crippen molar-refractivity contribution in [2.75, 3.05) is 5.73 Å². The fraction of sp³-hybridized carbons (Fsp3) is 0.174. The van der Waals surface area contributed by atoms with Crippen LogP contribution in [-0.2, 0) is 5.54 Å². The number of aromatic nitrogens is 6. The third-order valence-corrected chi connectivity index (χ3v) is 6.25. The van der Waals surface area contributed by atoms with Gasteiger partial charge in [0.15, 0.2) is 5.65 Å². The van der Waals surface area contributed by atoms with Crippen LogP contribution in [0.3, 0.4) is 0 Å². The molecule has 0 spiro atoms. The first kappa shape index (κ1) is 20.6. The number of hydrogen-bond donors (Lipinski definition) is 1. The van der Waals surface area contributed by atoms with Crippen molar-refractivity contribution >= 4 is 50.3 Å². The molecule has 3 aromatic heterocycles. The second-order valence-corrected chi connectivity index (χ2v) is 9.07. The van der Waals surface area contributed by atoms with E-state index in [1.807, 2.05) is 62.4 Å². The fourth-order valence-electron chi connectivity index (χ4n) is 3.96. The summed E-state index contributed by atoms with van der Waals surface area (Å²) in [4.78, 5) is 27.5. The second-order valence-electron chi connectivity index (χ2n) is 8.04. The number of fused-ring (bicyclic) bond motifs is 2. The van der Waals surface area contributed by atoms with Crippen LogP contribution in [-0.4, -0.2) is 29.3 Å². The molecule has 0 atom stereocenters. The van der Waals surface area contributed by atoms with Gasteiger partial charge in [0, 0.05) is 0 Å². The van der Waals surface area contributed by atoms with Gasteiger partial charge in [-0.25, -0.2) is 19.6 Å². The summed E-state index contributed by atoms with van der Waals surface area (Å²) in [6, 6.07) is 16.9. The van der Waals surface area contributed by atoms with Gasteiger partial charge >= 0.3 is 0 Å². The molecule has 9 heteroatoms. The van der Waals surface area contributed by atoms with Crippen molar-refractivity contribution < 1.29 is 0 Å². The Labute approximate surface area is 197 Å². The molecule has 160 valence electrons. The molecule has 8 nitrogen and oxygen atoms in total. The molecule has 5 rings (SSSR count). The molecular weight excluding hydrogens is 517 g/mol. The highest BCUT2D eigenvalue weighted by molar-refractivity contribution is 14.1. The Balaban J connectivity index is 1.89. The largest absolute Gasteiger partial charge is 0.383 e. The highest BCUT2D eigenvalue weighted by Gasteiger charge is 2.34. The molecule has 0 unspecified atom stereocenters. The number of para-hydroxylation sites is 2. The molecule has 0 aliphatic rings. The normalized spacial score (nSPS) is 12.0. The highest BCUT2D eigenvalue weighted by Crippen LogP contribution is 2.32. The minimum Gasteiger partial charge on any atom is -0.383 e. The molecular formula is C23H20IN7O. The molecule has 0 aliphatic carbocycles. The quantitative estimate of drug-likeness (QED) is 0.351. The van der Waals surface area contributed by atoms with E-state index in [2.05, 4.69) is 32.6 Å². The predicted molar refractivity (Wildman–Crippen MR) is 133 cm³/mol. The smallest absolute Gasteiger partial charge is 0.266 e. The zero-order valence-electron chi connectivity index (χ0n) is 17.7. The van der Waals surface area contributed by atoms with Gasteiger partial charge in [-0.2, -0.15) is 5.10 Å². The summed E-state index contributed by atoms with van der Waals surface area (Å²) >= 11 is 2.14. The summed E-state index contributed by atoms with van der Waals surface area (Å²) in [5.74, 6) is 1.48. The lowest BCUT2D eigenvalue weighted by atomic mass is 10.0. The summed E-state index contributed by atoms with van der Waals surface area (Å²) in [7, 11) is 0. The first-order chi connectivity index (χ1) is 15.3. The SMILES string of the molecule is Cc1nc(N)c2c(I)nn(C(C)(C)c3nc4ccccc4c(=O)n3-c3ccccc3)c2n1. The fourth-order valence-corrected chi connectivity index (χ4v) is 4.69. The molecule has 5 aromatic rings. The monoisotopic (exact) mass is 537 g/mol. The van der Waals surface area contributed by atoms with Gasteiger partial charge in [0.25, 0.3) is 5.56 Å². The average Bonchev–Trinajstić information content (AvgIpc) is 3.11. The van der Waals surface area contributed by atoms with E-state index in [9.17, 15) is 4.79 Å². The van der Waals surface area contributed by atoms with Crippen molar-refractivity contribution in [2.24, 2.45) is 0 Å². The Morgan fingerprint density at radius 2 is 1.66 bits per heavy atom. The maximum absolute atomic E-state index is 13.7. The molecule has 0 saturated carbocycles. The van der Waals surface area contributed by atoms with E-state index in [1.54, 1.807) is 22.2 Å². The zero-order chi connectivity index (χ0) is 22.6. The summed E-state index contributed by atoms with van der Waals surface area (Å²) in [5, 5.41) is 6.00. The summed E-state index contributed by atoms with van der Waals surface area (Å²) < 4.78 is 4.13. The number of aryl methyl sites for hydroxylation is 1. The summed E-state index contributed by atoms with van der Waals surface area (Å²) in [5.41, 5.74) is 7.18. The van der Waals surface area contributed by atoms with Gasteiger partial charge < -0.3 is 5.73 Å². The lowest BCUT2D eigenvalue weighted by molar-refractivity contribution is 0.368.